The molecule has 4 rings (SSSR count). The van der Waals surface area contributed by atoms with Crippen LogP contribution in [0, 0.1) is 5.82 Å². The van der Waals surface area contributed by atoms with Gasteiger partial charge in [0.25, 0.3) is 11.8 Å². The van der Waals surface area contributed by atoms with Gasteiger partial charge in [-0.05, 0) is 37.1 Å². The monoisotopic (exact) mass is 427 g/mol. The summed E-state index contributed by atoms with van der Waals surface area (Å²) < 4.78 is 20.3. The minimum absolute atomic E-state index is 0.0236. The number of pyridine rings is 1. The Bertz CT molecular complexity index is 1060. The predicted octanol–water partition coefficient (Wildman–Crippen LogP) is 3.62. The maximum absolute atomic E-state index is 14.3. The van der Waals surface area contributed by atoms with E-state index in [9.17, 15) is 14.0 Å². The quantitative estimate of drug-likeness (QED) is 0.675. The molecule has 3 aromatic rings. The third-order valence-corrected chi connectivity index (χ3v) is 6.50. The lowest BCUT2D eigenvalue weighted by Gasteiger charge is -2.32. The molecule has 2 aromatic heterocycles. The molecule has 2 amide bonds. The number of hydrogen-bond donors (Lipinski definition) is 1. The third kappa shape index (κ3) is 4.06. The van der Waals surface area contributed by atoms with Crippen LogP contribution in [0.15, 0.2) is 42.7 Å². The van der Waals surface area contributed by atoms with Crippen LogP contribution in [0.4, 0.5) is 4.39 Å². The molecule has 3 heterocycles. The van der Waals surface area contributed by atoms with Gasteiger partial charge in [0.15, 0.2) is 0 Å². The van der Waals surface area contributed by atoms with Crippen LogP contribution >= 0.6 is 11.3 Å². The number of ether oxygens (including phenoxy) is 1. The fourth-order valence-corrected chi connectivity index (χ4v) is 4.91. The average Bonchev–Trinajstić information content (AvgIpc) is 3.15. The number of thiophene rings is 1. The maximum Gasteiger partial charge on any atom is 0.261 e. The number of fused-ring (bicyclic) bond motifs is 1. The maximum atomic E-state index is 14.3. The lowest BCUT2D eigenvalue weighted by molar-refractivity contribution is 0.0698. The predicted molar refractivity (Wildman–Crippen MR) is 113 cm³/mol. The average molecular weight is 428 g/mol. The highest BCUT2D eigenvalue weighted by molar-refractivity contribution is 7.21. The number of carbonyl (C=O) groups is 2. The van der Waals surface area contributed by atoms with Crippen LogP contribution in [0.5, 0.6) is 0 Å². The number of halogens is 1. The Morgan fingerprint density at radius 1 is 1.23 bits per heavy atom. The zero-order valence-corrected chi connectivity index (χ0v) is 17.4. The number of hydrogen-bond acceptors (Lipinski definition) is 5. The van der Waals surface area contributed by atoms with E-state index in [1.165, 1.54) is 24.5 Å². The molecular weight excluding hydrogens is 405 g/mol. The number of benzene rings is 1. The van der Waals surface area contributed by atoms with Crippen molar-refractivity contribution < 1.29 is 18.7 Å². The molecule has 1 N–H and O–H groups in total. The Morgan fingerprint density at radius 2 is 1.97 bits per heavy atom. The van der Waals surface area contributed by atoms with Gasteiger partial charge in [0, 0.05) is 59.8 Å². The number of piperidine rings is 1. The second-order valence-corrected chi connectivity index (χ2v) is 8.28. The van der Waals surface area contributed by atoms with E-state index in [0.29, 0.717) is 47.3 Å². The Kier molecular flexibility index (Phi) is 6.06. The smallest absolute Gasteiger partial charge is 0.261 e. The minimum atomic E-state index is -0.349. The fraction of sp³-hybridized carbons (Fsp3) is 0.318. The molecule has 0 unspecified atom stereocenters. The number of methoxy groups -OCH3 is 1. The Labute approximate surface area is 177 Å². The number of likely N-dealkylation sites (tertiary alicyclic amines) is 1. The van der Waals surface area contributed by atoms with Gasteiger partial charge in [0.2, 0.25) is 0 Å². The molecule has 0 spiro atoms. The third-order valence-electron chi connectivity index (χ3n) is 5.30. The van der Waals surface area contributed by atoms with E-state index in [1.54, 1.807) is 35.5 Å². The summed E-state index contributed by atoms with van der Waals surface area (Å²) in [5, 5.41) is 3.51. The molecule has 0 bridgehead atoms. The zero-order valence-electron chi connectivity index (χ0n) is 16.6. The topological polar surface area (TPSA) is 71.5 Å². The molecule has 0 radical (unpaired) electrons. The number of aromatic nitrogens is 1. The standard InChI is InChI=1S/C22H22FN3O3S/c1-29-13-16-19-17(23)3-2-4-18(19)30-20(16)21(27)25-15-7-11-26(12-8-15)22(28)14-5-9-24-10-6-14/h2-6,9-10,15H,7-8,11-13H2,1H3,(H,25,27). The van der Waals surface area contributed by atoms with Crippen molar-refractivity contribution in [2.75, 3.05) is 20.2 Å². The number of carbonyl (C=O) groups excluding carboxylic acids is 2. The van der Waals surface area contributed by atoms with Crippen LogP contribution in [0.25, 0.3) is 10.1 Å². The first-order valence-electron chi connectivity index (χ1n) is 9.77. The van der Waals surface area contributed by atoms with Crippen LogP contribution in [0.3, 0.4) is 0 Å². The highest BCUT2D eigenvalue weighted by Crippen LogP contribution is 2.34. The molecule has 0 atom stereocenters. The van der Waals surface area contributed by atoms with Crippen molar-refractivity contribution in [1.29, 1.82) is 0 Å². The van der Waals surface area contributed by atoms with Crippen LogP contribution in [-0.2, 0) is 11.3 Å². The number of amides is 2. The van der Waals surface area contributed by atoms with Gasteiger partial charge in [0.05, 0.1) is 11.5 Å². The summed E-state index contributed by atoms with van der Waals surface area (Å²) in [6.45, 7) is 1.30. The van der Waals surface area contributed by atoms with E-state index in [4.69, 9.17) is 4.74 Å². The first-order valence-corrected chi connectivity index (χ1v) is 10.6. The normalized spacial score (nSPS) is 14.8. The lowest BCUT2D eigenvalue weighted by atomic mass is 10.0. The van der Waals surface area contributed by atoms with Crippen LogP contribution in [0.1, 0.15) is 38.4 Å². The van der Waals surface area contributed by atoms with Gasteiger partial charge in [-0.25, -0.2) is 4.39 Å². The van der Waals surface area contributed by atoms with E-state index in [2.05, 4.69) is 10.3 Å². The molecular formula is C22H22FN3O3S. The summed E-state index contributed by atoms with van der Waals surface area (Å²) >= 11 is 1.27. The van der Waals surface area contributed by atoms with E-state index in [1.807, 2.05) is 6.07 Å². The second kappa shape index (κ2) is 8.89. The molecule has 156 valence electrons. The van der Waals surface area contributed by atoms with Gasteiger partial charge >= 0.3 is 0 Å². The molecule has 1 fully saturated rings. The van der Waals surface area contributed by atoms with Crippen molar-refractivity contribution in [3.8, 4) is 0 Å². The van der Waals surface area contributed by atoms with Gasteiger partial charge < -0.3 is 15.0 Å². The lowest BCUT2D eigenvalue weighted by Crippen LogP contribution is -2.46. The van der Waals surface area contributed by atoms with Crippen molar-refractivity contribution in [3.63, 3.8) is 0 Å². The summed E-state index contributed by atoms with van der Waals surface area (Å²) in [5.41, 5.74) is 1.20. The molecule has 1 aromatic carbocycles. The Hall–Kier alpha value is -2.84. The van der Waals surface area contributed by atoms with Crippen molar-refractivity contribution in [1.82, 2.24) is 15.2 Å². The Morgan fingerprint density at radius 3 is 2.67 bits per heavy atom. The Balaban J connectivity index is 1.44. The van der Waals surface area contributed by atoms with Crippen LogP contribution in [0.2, 0.25) is 0 Å². The largest absolute Gasteiger partial charge is 0.380 e. The molecule has 8 heteroatoms. The van der Waals surface area contributed by atoms with Gasteiger partial charge in [-0.3, -0.25) is 14.6 Å². The van der Waals surface area contributed by atoms with Crippen LogP contribution < -0.4 is 5.32 Å². The number of nitrogens with zero attached hydrogens (tertiary/aromatic N) is 2. The summed E-state index contributed by atoms with van der Waals surface area (Å²) in [4.78, 5) is 31.7. The first kappa shape index (κ1) is 20.4. The van der Waals surface area contributed by atoms with Crippen molar-refractivity contribution in [3.05, 3.63) is 64.5 Å². The van der Waals surface area contributed by atoms with E-state index < -0.39 is 0 Å². The van der Waals surface area contributed by atoms with E-state index in [0.717, 1.165) is 4.70 Å². The summed E-state index contributed by atoms with van der Waals surface area (Å²) in [7, 11) is 1.53. The number of nitrogens with one attached hydrogen (secondary N) is 1. The second-order valence-electron chi connectivity index (χ2n) is 7.23. The van der Waals surface area contributed by atoms with Crippen molar-refractivity contribution in [2.24, 2.45) is 0 Å². The zero-order chi connectivity index (χ0) is 21.1. The van der Waals surface area contributed by atoms with Crippen LogP contribution in [-0.4, -0.2) is 47.9 Å². The van der Waals surface area contributed by atoms with Gasteiger partial charge in [-0.1, -0.05) is 6.07 Å². The van der Waals surface area contributed by atoms with E-state index >= 15 is 0 Å². The summed E-state index contributed by atoms with van der Waals surface area (Å²) in [5.74, 6) is -0.594. The molecule has 1 saturated heterocycles. The van der Waals surface area contributed by atoms with Crippen molar-refractivity contribution in [2.45, 2.75) is 25.5 Å². The van der Waals surface area contributed by atoms with Gasteiger partial charge in [0.1, 0.15) is 5.82 Å². The van der Waals surface area contributed by atoms with Gasteiger partial charge in [-0.2, -0.15) is 0 Å². The number of rotatable bonds is 5. The molecule has 6 nitrogen and oxygen atoms in total. The molecule has 0 aliphatic carbocycles. The summed E-state index contributed by atoms with van der Waals surface area (Å²) in [6, 6.07) is 8.21. The fourth-order valence-electron chi connectivity index (χ4n) is 3.79. The highest BCUT2D eigenvalue weighted by Gasteiger charge is 2.27. The minimum Gasteiger partial charge on any atom is -0.380 e. The molecule has 0 saturated carbocycles. The van der Waals surface area contributed by atoms with E-state index in [-0.39, 0.29) is 30.3 Å². The SMILES string of the molecule is COCc1c(C(=O)NC2CCN(C(=O)c3ccncc3)CC2)sc2cccc(F)c12. The molecule has 30 heavy (non-hydrogen) atoms. The highest BCUT2D eigenvalue weighted by atomic mass is 32.1. The molecule has 1 aliphatic heterocycles. The molecule has 1 aliphatic rings. The first-order chi connectivity index (χ1) is 14.6. The van der Waals surface area contributed by atoms with Crippen molar-refractivity contribution >= 4 is 33.2 Å². The van der Waals surface area contributed by atoms with Gasteiger partial charge in [-0.15, -0.1) is 11.3 Å². The summed E-state index contributed by atoms with van der Waals surface area (Å²) in [6.07, 6.45) is 4.54.